The van der Waals surface area contributed by atoms with Crippen molar-refractivity contribution in [2.45, 2.75) is 6.54 Å². The van der Waals surface area contributed by atoms with Crippen LogP contribution in [0, 0.1) is 12.3 Å². The highest BCUT2D eigenvalue weighted by atomic mass is 35.5. The lowest BCUT2D eigenvalue weighted by Crippen LogP contribution is -2.23. The summed E-state index contributed by atoms with van der Waals surface area (Å²) < 4.78 is 1.75. The first-order valence-electron chi connectivity index (χ1n) is 7.76. The Bertz CT molecular complexity index is 908. The molecule has 0 atom stereocenters. The molecule has 5 heteroatoms. The third-order valence-corrected chi connectivity index (χ3v) is 3.91. The highest BCUT2D eigenvalue weighted by Gasteiger charge is 2.17. The van der Waals surface area contributed by atoms with E-state index in [0.717, 1.165) is 11.1 Å². The summed E-state index contributed by atoms with van der Waals surface area (Å²) in [4.78, 5) is 12.4. The maximum atomic E-state index is 12.4. The number of rotatable bonds is 5. The molecule has 1 amide bonds. The zero-order chi connectivity index (χ0) is 17.6. The molecular formula is C20H16ClN3O. The Hall–Kier alpha value is -3.03. The number of nitrogens with one attached hydrogen (secondary N) is 1. The normalized spacial score (nSPS) is 10.2. The minimum absolute atomic E-state index is 0.169. The van der Waals surface area contributed by atoms with Crippen molar-refractivity contribution in [1.29, 1.82) is 0 Å². The predicted octanol–water partition coefficient (Wildman–Crippen LogP) is 3.61. The molecule has 0 aliphatic heterocycles. The number of amides is 1. The van der Waals surface area contributed by atoms with Gasteiger partial charge in [0.05, 0.1) is 18.7 Å². The van der Waals surface area contributed by atoms with Crippen molar-refractivity contribution in [1.82, 2.24) is 15.1 Å². The van der Waals surface area contributed by atoms with Crippen LogP contribution in [0.1, 0.15) is 15.9 Å². The smallest absolute Gasteiger partial charge is 0.255 e. The van der Waals surface area contributed by atoms with Gasteiger partial charge in [-0.1, -0.05) is 60.0 Å². The van der Waals surface area contributed by atoms with E-state index in [1.165, 1.54) is 0 Å². The number of benzene rings is 2. The maximum absolute atomic E-state index is 12.4. The fourth-order valence-electron chi connectivity index (χ4n) is 2.49. The Morgan fingerprint density at radius 1 is 1.16 bits per heavy atom. The van der Waals surface area contributed by atoms with Crippen LogP contribution in [0.25, 0.3) is 11.3 Å². The van der Waals surface area contributed by atoms with Gasteiger partial charge in [0.15, 0.2) is 0 Å². The van der Waals surface area contributed by atoms with Crippen LogP contribution in [-0.2, 0) is 6.54 Å². The van der Waals surface area contributed by atoms with Gasteiger partial charge in [0.1, 0.15) is 5.69 Å². The van der Waals surface area contributed by atoms with Crippen molar-refractivity contribution in [3.63, 3.8) is 0 Å². The Balaban J connectivity index is 1.97. The van der Waals surface area contributed by atoms with Crippen molar-refractivity contribution < 1.29 is 4.79 Å². The second kappa shape index (κ2) is 7.69. The number of carbonyl (C=O) groups is 1. The first-order chi connectivity index (χ1) is 12.2. The molecule has 0 bridgehead atoms. The Morgan fingerprint density at radius 3 is 2.56 bits per heavy atom. The van der Waals surface area contributed by atoms with Gasteiger partial charge in [0.2, 0.25) is 0 Å². The summed E-state index contributed by atoms with van der Waals surface area (Å²) in [5.41, 5.74) is 3.00. The van der Waals surface area contributed by atoms with E-state index in [9.17, 15) is 4.79 Å². The van der Waals surface area contributed by atoms with Gasteiger partial charge >= 0.3 is 0 Å². The summed E-state index contributed by atoms with van der Waals surface area (Å²) in [5, 5.41) is 7.92. The molecule has 25 heavy (non-hydrogen) atoms. The van der Waals surface area contributed by atoms with E-state index in [2.05, 4.69) is 16.3 Å². The second-order valence-corrected chi connectivity index (χ2v) is 5.90. The molecule has 0 spiro atoms. The van der Waals surface area contributed by atoms with Crippen LogP contribution < -0.4 is 5.32 Å². The van der Waals surface area contributed by atoms with Gasteiger partial charge < -0.3 is 5.32 Å². The first-order valence-corrected chi connectivity index (χ1v) is 8.14. The van der Waals surface area contributed by atoms with Crippen LogP contribution >= 0.6 is 11.6 Å². The third kappa shape index (κ3) is 4.09. The summed E-state index contributed by atoms with van der Waals surface area (Å²) in [5.74, 6) is 2.16. The number of hydrogen-bond donors (Lipinski definition) is 1. The summed E-state index contributed by atoms with van der Waals surface area (Å²) in [7, 11) is 0. The highest BCUT2D eigenvalue weighted by molar-refractivity contribution is 6.30. The highest BCUT2D eigenvalue weighted by Crippen LogP contribution is 2.24. The number of hydrogen-bond acceptors (Lipinski definition) is 2. The Morgan fingerprint density at radius 2 is 1.88 bits per heavy atom. The summed E-state index contributed by atoms with van der Waals surface area (Å²) in [6.45, 7) is 0.743. The molecule has 0 radical (unpaired) electrons. The Kier molecular flexibility index (Phi) is 5.17. The van der Waals surface area contributed by atoms with E-state index >= 15 is 0 Å². The molecule has 0 unspecified atom stereocenters. The number of carbonyl (C=O) groups excluding carboxylic acids is 1. The average molecular weight is 350 g/mol. The zero-order valence-corrected chi connectivity index (χ0v) is 14.2. The quantitative estimate of drug-likeness (QED) is 0.715. The number of terminal acetylenes is 1. The van der Waals surface area contributed by atoms with Gasteiger partial charge in [-0.2, -0.15) is 5.10 Å². The molecule has 0 aliphatic carbocycles. The van der Waals surface area contributed by atoms with Crippen LogP contribution in [0.4, 0.5) is 0 Å². The predicted molar refractivity (Wildman–Crippen MR) is 99.4 cm³/mol. The van der Waals surface area contributed by atoms with E-state index in [0.29, 0.717) is 22.8 Å². The van der Waals surface area contributed by atoms with Gasteiger partial charge in [-0.25, -0.2) is 0 Å². The van der Waals surface area contributed by atoms with E-state index in [4.69, 9.17) is 18.0 Å². The second-order valence-electron chi connectivity index (χ2n) is 5.47. The van der Waals surface area contributed by atoms with Gasteiger partial charge in [0, 0.05) is 16.8 Å². The van der Waals surface area contributed by atoms with Crippen LogP contribution in [0.5, 0.6) is 0 Å². The molecule has 3 rings (SSSR count). The molecule has 1 aromatic heterocycles. The molecule has 0 saturated heterocycles. The minimum Gasteiger partial charge on any atom is -0.341 e. The lowest BCUT2D eigenvalue weighted by molar-refractivity contribution is 0.0959. The largest absolute Gasteiger partial charge is 0.341 e. The van der Waals surface area contributed by atoms with E-state index in [1.807, 2.05) is 42.5 Å². The third-order valence-electron chi connectivity index (χ3n) is 3.66. The number of halogens is 1. The molecule has 0 fully saturated rings. The topological polar surface area (TPSA) is 46.9 Å². The fraction of sp³-hybridized carbons (Fsp3) is 0.100. The van der Waals surface area contributed by atoms with Crippen molar-refractivity contribution in [2.75, 3.05) is 6.54 Å². The van der Waals surface area contributed by atoms with Gasteiger partial charge in [0.25, 0.3) is 5.91 Å². The average Bonchev–Trinajstić information content (AvgIpc) is 3.05. The van der Waals surface area contributed by atoms with Gasteiger partial charge in [-0.3, -0.25) is 9.48 Å². The standard InChI is InChI=1S/C20H16ClN3O/c1-2-12-22-20(25)18-14-24(13-15-6-4-3-5-7-15)23-19(18)16-8-10-17(21)11-9-16/h1,3-11,14H,12-13H2,(H,22,25). The summed E-state index contributed by atoms with van der Waals surface area (Å²) in [6, 6.07) is 17.2. The van der Waals surface area contributed by atoms with Crippen LogP contribution in [0.15, 0.2) is 60.8 Å². The molecule has 2 aromatic carbocycles. The molecule has 0 saturated carbocycles. The molecule has 4 nitrogen and oxygen atoms in total. The Labute approximate surface area is 151 Å². The first kappa shape index (κ1) is 16.8. The molecule has 0 aliphatic rings. The summed E-state index contributed by atoms with van der Waals surface area (Å²) >= 11 is 5.96. The van der Waals surface area contributed by atoms with Crippen molar-refractivity contribution >= 4 is 17.5 Å². The van der Waals surface area contributed by atoms with Crippen molar-refractivity contribution in [2.24, 2.45) is 0 Å². The number of aromatic nitrogens is 2. The maximum Gasteiger partial charge on any atom is 0.255 e. The fourth-order valence-corrected chi connectivity index (χ4v) is 2.61. The molecule has 3 aromatic rings. The van der Waals surface area contributed by atoms with Crippen LogP contribution in [0.3, 0.4) is 0 Å². The zero-order valence-electron chi connectivity index (χ0n) is 13.4. The van der Waals surface area contributed by atoms with Gasteiger partial charge in [-0.15, -0.1) is 6.42 Å². The van der Waals surface area contributed by atoms with E-state index in [-0.39, 0.29) is 12.5 Å². The van der Waals surface area contributed by atoms with Crippen LogP contribution in [0.2, 0.25) is 5.02 Å². The molecule has 124 valence electrons. The SMILES string of the molecule is C#CCNC(=O)c1cn(Cc2ccccc2)nc1-c1ccc(Cl)cc1. The molecule has 1 heterocycles. The lowest BCUT2D eigenvalue weighted by atomic mass is 10.1. The summed E-state index contributed by atoms with van der Waals surface area (Å²) in [6.07, 6.45) is 6.97. The van der Waals surface area contributed by atoms with E-state index < -0.39 is 0 Å². The van der Waals surface area contributed by atoms with Crippen molar-refractivity contribution in [3.05, 3.63) is 76.9 Å². The van der Waals surface area contributed by atoms with Gasteiger partial charge in [-0.05, 0) is 17.7 Å². The molecular weight excluding hydrogens is 334 g/mol. The van der Waals surface area contributed by atoms with Crippen molar-refractivity contribution in [3.8, 4) is 23.6 Å². The number of nitrogens with zero attached hydrogens (tertiary/aromatic N) is 2. The monoisotopic (exact) mass is 349 g/mol. The van der Waals surface area contributed by atoms with E-state index in [1.54, 1.807) is 23.0 Å². The minimum atomic E-state index is -0.248. The van der Waals surface area contributed by atoms with Crippen LogP contribution in [-0.4, -0.2) is 22.2 Å². The molecule has 1 N–H and O–H groups in total. The lowest BCUT2D eigenvalue weighted by Gasteiger charge is -2.02.